The van der Waals surface area contributed by atoms with Crippen molar-refractivity contribution in [3.8, 4) is 0 Å². The molecule has 0 aliphatic rings. The monoisotopic (exact) mass is 305 g/mol. The number of carbonyl (C=O) groups excluding carboxylic acids is 1. The van der Waals surface area contributed by atoms with E-state index in [0.29, 0.717) is 12.3 Å². The van der Waals surface area contributed by atoms with Gasteiger partial charge in [-0.3, -0.25) is 4.79 Å². The van der Waals surface area contributed by atoms with Crippen LogP contribution >= 0.6 is 11.3 Å². The van der Waals surface area contributed by atoms with Gasteiger partial charge in [0.2, 0.25) is 5.91 Å². The zero-order valence-corrected chi connectivity index (χ0v) is 13.1. The minimum Gasteiger partial charge on any atom is -0.344 e. The van der Waals surface area contributed by atoms with Gasteiger partial charge < -0.3 is 5.32 Å². The minimum absolute atomic E-state index is 0.0337. The van der Waals surface area contributed by atoms with E-state index in [0.717, 1.165) is 16.9 Å². The van der Waals surface area contributed by atoms with Crippen LogP contribution in [0.3, 0.4) is 0 Å². The Labute approximate surface area is 129 Å². The van der Waals surface area contributed by atoms with Crippen molar-refractivity contribution in [1.29, 1.82) is 0 Å². The maximum Gasteiger partial charge on any atom is 0.220 e. The summed E-state index contributed by atoms with van der Waals surface area (Å²) in [5, 5.41) is 5.04. The molecule has 0 aliphatic heterocycles. The molecular weight excluding hydrogens is 285 g/mol. The Morgan fingerprint density at radius 2 is 1.95 bits per heavy atom. The van der Waals surface area contributed by atoms with E-state index in [9.17, 15) is 9.18 Å². The van der Waals surface area contributed by atoms with Crippen LogP contribution in [0.15, 0.2) is 41.8 Å². The molecule has 2 rings (SSSR count). The molecule has 1 atom stereocenters. The predicted octanol–water partition coefficient (Wildman–Crippen LogP) is 4.53. The number of hydrogen-bond acceptors (Lipinski definition) is 2. The van der Waals surface area contributed by atoms with Gasteiger partial charge in [-0.05, 0) is 41.5 Å². The second-order valence-corrected chi connectivity index (χ2v) is 6.48. The van der Waals surface area contributed by atoms with Crippen LogP contribution in [0.25, 0.3) is 0 Å². The van der Waals surface area contributed by atoms with Crippen LogP contribution in [0.5, 0.6) is 0 Å². The molecule has 1 aromatic carbocycles. The quantitative estimate of drug-likeness (QED) is 0.834. The standard InChI is InChI=1S/C17H20FNOS/c1-12(2)5-10-16(20)19-17(15-4-3-11-21-15)13-6-8-14(18)9-7-13/h3-4,6-9,11-12,17H,5,10H2,1-2H3,(H,19,20). The molecule has 1 aromatic heterocycles. The van der Waals surface area contributed by atoms with E-state index in [-0.39, 0.29) is 17.8 Å². The molecule has 4 heteroatoms. The fraction of sp³-hybridized carbons (Fsp3) is 0.353. The largest absolute Gasteiger partial charge is 0.344 e. The van der Waals surface area contributed by atoms with Crippen molar-refractivity contribution in [2.24, 2.45) is 5.92 Å². The highest BCUT2D eigenvalue weighted by molar-refractivity contribution is 7.10. The van der Waals surface area contributed by atoms with Gasteiger partial charge in [0.25, 0.3) is 0 Å². The number of nitrogens with one attached hydrogen (secondary N) is 1. The van der Waals surface area contributed by atoms with Crippen molar-refractivity contribution in [3.63, 3.8) is 0 Å². The zero-order chi connectivity index (χ0) is 15.2. The Hall–Kier alpha value is -1.68. The van der Waals surface area contributed by atoms with Crippen molar-refractivity contribution < 1.29 is 9.18 Å². The predicted molar refractivity (Wildman–Crippen MR) is 84.8 cm³/mol. The smallest absolute Gasteiger partial charge is 0.220 e. The van der Waals surface area contributed by atoms with Crippen molar-refractivity contribution in [3.05, 3.63) is 58.0 Å². The van der Waals surface area contributed by atoms with Crippen LogP contribution in [-0.2, 0) is 4.79 Å². The molecule has 1 amide bonds. The Bertz CT molecular complexity index is 563. The summed E-state index contributed by atoms with van der Waals surface area (Å²) in [4.78, 5) is 13.2. The molecule has 0 spiro atoms. The summed E-state index contributed by atoms with van der Waals surface area (Å²) >= 11 is 1.59. The summed E-state index contributed by atoms with van der Waals surface area (Å²) < 4.78 is 13.1. The molecule has 1 N–H and O–H groups in total. The summed E-state index contributed by atoms with van der Waals surface area (Å²) in [6, 6.07) is 10.0. The third-order valence-corrected chi connectivity index (χ3v) is 4.22. The number of hydrogen-bond donors (Lipinski definition) is 1. The molecule has 0 aliphatic carbocycles. The van der Waals surface area contributed by atoms with E-state index in [1.54, 1.807) is 23.5 Å². The van der Waals surface area contributed by atoms with Gasteiger partial charge in [0.05, 0.1) is 6.04 Å². The highest BCUT2D eigenvalue weighted by atomic mass is 32.1. The first-order valence-electron chi connectivity index (χ1n) is 7.14. The van der Waals surface area contributed by atoms with Gasteiger partial charge in [-0.25, -0.2) is 4.39 Å². The molecular formula is C17H20FNOS. The number of thiophene rings is 1. The Balaban J connectivity index is 2.14. The van der Waals surface area contributed by atoms with Gasteiger partial charge in [-0.1, -0.05) is 32.0 Å². The van der Waals surface area contributed by atoms with E-state index >= 15 is 0 Å². The lowest BCUT2D eigenvalue weighted by Crippen LogP contribution is -2.28. The molecule has 1 unspecified atom stereocenters. The van der Waals surface area contributed by atoms with Gasteiger partial charge in [0, 0.05) is 11.3 Å². The first kappa shape index (κ1) is 15.7. The Morgan fingerprint density at radius 1 is 1.24 bits per heavy atom. The normalized spacial score (nSPS) is 12.4. The van der Waals surface area contributed by atoms with Gasteiger partial charge in [0.15, 0.2) is 0 Å². The Morgan fingerprint density at radius 3 is 2.52 bits per heavy atom. The SMILES string of the molecule is CC(C)CCC(=O)NC(c1ccc(F)cc1)c1cccs1. The maximum absolute atomic E-state index is 13.1. The van der Waals surface area contributed by atoms with E-state index in [2.05, 4.69) is 19.2 Å². The lowest BCUT2D eigenvalue weighted by molar-refractivity contribution is -0.121. The average Bonchev–Trinajstić information content (AvgIpc) is 2.97. The van der Waals surface area contributed by atoms with Crippen LogP contribution < -0.4 is 5.32 Å². The molecule has 0 saturated heterocycles. The van der Waals surface area contributed by atoms with Crippen LogP contribution in [-0.4, -0.2) is 5.91 Å². The van der Waals surface area contributed by atoms with Crippen LogP contribution in [0.1, 0.15) is 43.2 Å². The summed E-state index contributed by atoms with van der Waals surface area (Å²) in [5.41, 5.74) is 0.900. The highest BCUT2D eigenvalue weighted by Crippen LogP contribution is 2.26. The summed E-state index contributed by atoms with van der Waals surface area (Å²) in [6.45, 7) is 4.20. The van der Waals surface area contributed by atoms with Gasteiger partial charge in [-0.15, -0.1) is 11.3 Å². The van der Waals surface area contributed by atoms with E-state index < -0.39 is 0 Å². The molecule has 0 bridgehead atoms. The van der Waals surface area contributed by atoms with Crippen LogP contribution in [0.4, 0.5) is 4.39 Å². The lowest BCUT2D eigenvalue weighted by atomic mass is 10.0. The molecule has 2 aromatic rings. The van der Waals surface area contributed by atoms with Crippen molar-refractivity contribution in [2.75, 3.05) is 0 Å². The summed E-state index contributed by atoms with van der Waals surface area (Å²) in [7, 11) is 0. The van der Waals surface area contributed by atoms with Crippen molar-refractivity contribution in [2.45, 2.75) is 32.7 Å². The van der Waals surface area contributed by atoms with E-state index in [1.165, 1.54) is 12.1 Å². The first-order valence-corrected chi connectivity index (χ1v) is 8.02. The maximum atomic E-state index is 13.1. The third kappa shape index (κ3) is 4.67. The van der Waals surface area contributed by atoms with Gasteiger partial charge >= 0.3 is 0 Å². The van der Waals surface area contributed by atoms with Crippen molar-refractivity contribution in [1.82, 2.24) is 5.32 Å². The number of halogens is 1. The van der Waals surface area contributed by atoms with E-state index in [4.69, 9.17) is 0 Å². The molecule has 0 radical (unpaired) electrons. The highest BCUT2D eigenvalue weighted by Gasteiger charge is 2.18. The number of rotatable bonds is 6. The summed E-state index contributed by atoms with van der Waals surface area (Å²) in [6.07, 6.45) is 1.38. The third-order valence-electron chi connectivity index (χ3n) is 3.29. The zero-order valence-electron chi connectivity index (χ0n) is 12.3. The average molecular weight is 305 g/mol. The topological polar surface area (TPSA) is 29.1 Å². The number of amides is 1. The van der Waals surface area contributed by atoms with Crippen LogP contribution in [0.2, 0.25) is 0 Å². The van der Waals surface area contributed by atoms with Crippen LogP contribution in [0, 0.1) is 11.7 Å². The Kier molecular flexibility index (Phi) is 5.51. The fourth-order valence-corrected chi connectivity index (χ4v) is 2.88. The van der Waals surface area contributed by atoms with Crippen molar-refractivity contribution >= 4 is 17.2 Å². The van der Waals surface area contributed by atoms with Gasteiger partial charge in [0.1, 0.15) is 5.82 Å². The molecule has 1 heterocycles. The second kappa shape index (κ2) is 7.36. The number of carbonyl (C=O) groups is 1. The summed E-state index contributed by atoms with van der Waals surface area (Å²) in [5.74, 6) is 0.267. The first-order chi connectivity index (χ1) is 10.1. The minimum atomic E-state index is -0.269. The molecule has 112 valence electrons. The second-order valence-electron chi connectivity index (χ2n) is 5.50. The molecule has 0 saturated carbocycles. The lowest BCUT2D eigenvalue weighted by Gasteiger charge is -2.18. The number of benzene rings is 1. The fourth-order valence-electron chi connectivity index (χ4n) is 2.08. The molecule has 21 heavy (non-hydrogen) atoms. The molecule has 2 nitrogen and oxygen atoms in total. The molecule has 0 fully saturated rings. The van der Waals surface area contributed by atoms with Gasteiger partial charge in [-0.2, -0.15) is 0 Å². The van der Waals surface area contributed by atoms with E-state index in [1.807, 2.05) is 17.5 Å².